The third-order valence-electron chi connectivity index (χ3n) is 2.93. The predicted molar refractivity (Wildman–Crippen MR) is 78.8 cm³/mol. The topological polar surface area (TPSA) is 48.9 Å². The van der Waals surface area contributed by atoms with Crippen LogP contribution in [0.2, 0.25) is 0 Å². The molecule has 4 heteroatoms. The highest BCUT2D eigenvalue weighted by Crippen LogP contribution is 2.37. The SMILES string of the molecule is Oc1ccccc1-c1[nH]nc(-c2ccccc2)c1Br. The largest absolute Gasteiger partial charge is 0.507 e. The van der Waals surface area contributed by atoms with Crippen molar-refractivity contribution in [1.82, 2.24) is 10.2 Å². The second-order valence-electron chi connectivity index (χ2n) is 4.14. The van der Waals surface area contributed by atoms with E-state index in [0.717, 1.165) is 27.0 Å². The Morgan fingerprint density at radius 3 is 2.37 bits per heavy atom. The van der Waals surface area contributed by atoms with Gasteiger partial charge >= 0.3 is 0 Å². The smallest absolute Gasteiger partial charge is 0.124 e. The normalized spacial score (nSPS) is 10.6. The zero-order valence-corrected chi connectivity index (χ0v) is 11.6. The number of rotatable bonds is 2. The molecule has 0 spiro atoms. The van der Waals surface area contributed by atoms with Crippen molar-refractivity contribution in [3.8, 4) is 28.3 Å². The molecule has 1 aromatic heterocycles. The Balaban J connectivity index is 2.12. The van der Waals surface area contributed by atoms with Gasteiger partial charge in [-0.1, -0.05) is 42.5 Å². The number of H-pyrrole nitrogens is 1. The van der Waals surface area contributed by atoms with Crippen molar-refractivity contribution in [3.63, 3.8) is 0 Å². The summed E-state index contributed by atoms with van der Waals surface area (Å²) >= 11 is 3.55. The van der Waals surface area contributed by atoms with Crippen molar-refractivity contribution in [2.24, 2.45) is 0 Å². The first-order chi connectivity index (χ1) is 9.27. The summed E-state index contributed by atoms with van der Waals surface area (Å²) < 4.78 is 0.847. The van der Waals surface area contributed by atoms with Gasteiger partial charge in [0.05, 0.1) is 10.2 Å². The minimum absolute atomic E-state index is 0.228. The lowest BCUT2D eigenvalue weighted by Crippen LogP contribution is -1.79. The molecule has 19 heavy (non-hydrogen) atoms. The molecule has 3 nitrogen and oxygen atoms in total. The number of hydrogen-bond donors (Lipinski definition) is 2. The highest BCUT2D eigenvalue weighted by molar-refractivity contribution is 9.10. The van der Waals surface area contributed by atoms with E-state index in [0.29, 0.717) is 0 Å². The number of halogens is 1. The summed E-state index contributed by atoms with van der Waals surface area (Å²) in [5.41, 5.74) is 3.35. The molecule has 0 aliphatic heterocycles. The molecular weight excluding hydrogens is 304 g/mol. The molecule has 0 unspecified atom stereocenters. The van der Waals surface area contributed by atoms with Crippen LogP contribution in [0, 0.1) is 0 Å². The fraction of sp³-hybridized carbons (Fsp3) is 0. The molecule has 0 bridgehead atoms. The van der Waals surface area contributed by atoms with Gasteiger partial charge in [-0.15, -0.1) is 0 Å². The van der Waals surface area contributed by atoms with Crippen molar-refractivity contribution < 1.29 is 5.11 Å². The summed E-state index contributed by atoms with van der Waals surface area (Å²) in [5.74, 6) is 0.228. The van der Waals surface area contributed by atoms with Gasteiger partial charge in [0.2, 0.25) is 0 Å². The molecule has 3 aromatic rings. The molecule has 0 radical (unpaired) electrons. The number of phenols is 1. The van der Waals surface area contributed by atoms with Gasteiger partial charge in [-0.05, 0) is 28.1 Å². The summed E-state index contributed by atoms with van der Waals surface area (Å²) in [4.78, 5) is 0. The van der Waals surface area contributed by atoms with Crippen LogP contribution in [0.1, 0.15) is 0 Å². The van der Waals surface area contributed by atoms with E-state index in [1.54, 1.807) is 12.1 Å². The molecule has 2 aromatic carbocycles. The van der Waals surface area contributed by atoms with Gasteiger partial charge in [-0.3, -0.25) is 5.10 Å². The molecule has 3 rings (SSSR count). The quantitative estimate of drug-likeness (QED) is 0.744. The van der Waals surface area contributed by atoms with Crippen LogP contribution in [-0.2, 0) is 0 Å². The molecule has 1 heterocycles. The van der Waals surface area contributed by atoms with Gasteiger partial charge < -0.3 is 5.11 Å². The van der Waals surface area contributed by atoms with Gasteiger partial charge in [0.15, 0.2) is 0 Å². The second-order valence-corrected chi connectivity index (χ2v) is 4.94. The molecular formula is C15H11BrN2O. The van der Waals surface area contributed by atoms with Crippen LogP contribution >= 0.6 is 15.9 Å². The van der Waals surface area contributed by atoms with E-state index in [-0.39, 0.29) is 5.75 Å². The van der Waals surface area contributed by atoms with Crippen LogP contribution in [0.15, 0.2) is 59.1 Å². The zero-order valence-electron chi connectivity index (χ0n) is 9.97. The summed E-state index contributed by atoms with van der Waals surface area (Å²) in [6.45, 7) is 0. The van der Waals surface area contributed by atoms with E-state index < -0.39 is 0 Å². The maximum Gasteiger partial charge on any atom is 0.124 e. The Morgan fingerprint density at radius 1 is 0.947 bits per heavy atom. The highest BCUT2D eigenvalue weighted by Gasteiger charge is 2.15. The first-order valence-corrected chi connectivity index (χ1v) is 6.64. The van der Waals surface area contributed by atoms with Gasteiger partial charge in [-0.2, -0.15) is 5.10 Å². The number of aromatic nitrogens is 2. The molecule has 2 N–H and O–H groups in total. The standard InChI is InChI=1S/C15H11BrN2O/c16-13-14(10-6-2-1-3-7-10)17-18-15(13)11-8-4-5-9-12(11)19/h1-9,19H,(H,17,18). The molecule has 0 saturated carbocycles. The molecule has 0 aliphatic carbocycles. The first kappa shape index (κ1) is 12.0. The molecule has 0 amide bonds. The summed E-state index contributed by atoms with van der Waals surface area (Å²) in [7, 11) is 0. The minimum atomic E-state index is 0.228. The molecule has 0 aliphatic rings. The number of aromatic amines is 1. The number of phenolic OH excluding ortho intramolecular Hbond substituents is 1. The van der Waals surface area contributed by atoms with Gasteiger partial charge in [0.25, 0.3) is 0 Å². The molecule has 0 saturated heterocycles. The van der Waals surface area contributed by atoms with Gasteiger partial charge in [-0.25, -0.2) is 0 Å². The third-order valence-corrected chi connectivity index (χ3v) is 3.70. The van der Waals surface area contributed by atoms with E-state index in [2.05, 4.69) is 26.1 Å². The van der Waals surface area contributed by atoms with Crippen LogP contribution in [-0.4, -0.2) is 15.3 Å². The van der Waals surface area contributed by atoms with Crippen molar-refractivity contribution in [3.05, 3.63) is 59.1 Å². The number of para-hydroxylation sites is 1. The number of nitrogens with zero attached hydrogens (tertiary/aromatic N) is 1. The van der Waals surface area contributed by atoms with Crippen LogP contribution in [0.5, 0.6) is 5.75 Å². The summed E-state index contributed by atoms with van der Waals surface area (Å²) in [6, 6.07) is 17.1. The summed E-state index contributed by atoms with van der Waals surface area (Å²) in [6.07, 6.45) is 0. The Hall–Kier alpha value is -2.07. The number of aromatic hydroxyl groups is 1. The van der Waals surface area contributed by atoms with Crippen molar-refractivity contribution in [2.45, 2.75) is 0 Å². The Bertz CT molecular complexity index is 707. The molecule has 94 valence electrons. The zero-order chi connectivity index (χ0) is 13.2. The van der Waals surface area contributed by atoms with E-state index in [4.69, 9.17) is 0 Å². The Labute approximate surface area is 119 Å². The lowest BCUT2D eigenvalue weighted by atomic mass is 10.1. The fourth-order valence-corrected chi connectivity index (χ4v) is 2.60. The van der Waals surface area contributed by atoms with E-state index in [1.807, 2.05) is 42.5 Å². The van der Waals surface area contributed by atoms with Crippen molar-refractivity contribution in [2.75, 3.05) is 0 Å². The molecule has 0 fully saturated rings. The van der Waals surface area contributed by atoms with Crippen molar-refractivity contribution in [1.29, 1.82) is 0 Å². The average molecular weight is 315 g/mol. The van der Waals surface area contributed by atoms with E-state index in [9.17, 15) is 5.11 Å². The number of hydrogen-bond acceptors (Lipinski definition) is 2. The number of nitrogens with one attached hydrogen (secondary N) is 1. The Morgan fingerprint density at radius 2 is 1.63 bits per heavy atom. The monoisotopic (exact) mass is 314 g/mol. The minimum Gasteiger partial charge on any atom is -0.507 e. The summed E-state index contributed by atoms with van der Waals surface area (Å²) in [5, 5.41) is 17.2. The van der Waals surface area contributed by atoms with E-state index >= 15 is 0 Å². The first-order valence-electron chi connectivity index (χ1n) is 5.85. The van der Waals surface area contributed by atoms with Crippen LogP contribution in [0.4, 0.5) is 0 Å². The van der Waals surface area contributed by atoms with Crippen LogP contribution in [0.25, 0.3) is 22.5 Å². The Kier molecular flexibility index (Phi) is 3.09. The second kappa shape index (κ2) is 4.90. The van der Waals surface area contributed by atoms with Gasteiger partial charge in [0, 0.05) is 11.1 Å². The van der Waals surface area contributed by atoms with E-state index in [1.165, 1.54) is 0 Å². The third kappa shape index (κ3) is 2.15. The van der Waals surface area contributed by atoms with Crippen molar-refractivity contribution >= 4 is 15.9 Å². The van der Waals surface area contributed by atoms with Crippen LogP contribution in [0.3, 0.4) is 0 Å². The number of benzene rings is 2. The highest BCUT2D eigenvalue weighted by atomic mass is 79.9. The maximum atomic E-state index is 9.90. The fourth-order valence-electron chi connectivity index (χ4n) is 1.98. The lowest BCUT2D eigenvalue weighted by molar-refractivity contribution is 0.477. The lowest BCUT2D eigenvalue weighted by Gasteiger charge is -2.02. The van der Waals surface area contributed by atoms with Crippen LogP contribution < -0.4 is 0 Å². The average Bonchev–Trinajstić information content (AvgIpc) is 2.82. The molecule has 0 atom stereocenters. The maximum absolute atomic E-state index is 9.90. The van der Waals surface area contributed by atoms with Gasteiger partial charge in [0.1, 0.15) is 11.4 Å². The predicted octanol–water partition coefficient (Wildman–Crippen LogP) is 4.21.